The average molecular weight is 400 g/mol. The van der Waals surface area contributed by atoms with E-state index < -0.39 is 0 Å². The number of methoxy groups -OCH3 is 1. The van der Waals surface area contributed by atoms with E-state index in [0.29, 0.717) is 18.1 Å². The van der Waals surface area contributed by atoms with Gasteiger partial charge in [0.2, 0.25) is 0 Å². The summed E-state index contributed by atoms with van der Waals surface area (Å²) in [6.45, 7) is 0.693. The summed E-state index contributed by atoms with van der Waals surface area (Å²) in [4.78, 5) is 17.8. The summed E-state index contributed by atoms with van der Waals surface area (Å²) in [5, 5.41) is 7.71. The number of hydrogen-bond acceptors (Lipinski definition) is 7. The fourth-order valence-corrected chi connectivity index (χ4v) is 3.36. The van der Waals surface area contributed by atoms with Crippen LogP contribution in [-0.2, 0) is 6.42 Å². The van der Waals surface area contributed by atoms with Crippen molar-refractivity contribution in [2.24, 2.45) is 0 Å². The van der Waals surface area contributed by atoms with Gasteiger partial charge in [-0.2, -0.15) is 0 Å². The van der Waals surface area contributed by atoms with E-state index in [-0.39, 0.29) is 6.04 Å². The summed E-state index contributed by atoms with van der Waals surface area (Å²) in [5.74, 6) is 1.98. The van der Waals surface area contributed by atoms with Gasteiger partial charge in [0.1, 0.15) is 11.6 Å². The minimum absolute atomic E-state index is 0.231. The molecule has 0 aliphatic heterocycles. The number of likely N-dealkylation sites (N-methyl/N-ethyl adjacent to an activating group) is 1. The predicted molar refractivity (Wildman–Crippen MR) is 119 cm³/mol. The van der Waals surface area contributed by atoms with Crippen molar-refractivity contribution in [2.45, 2.75) is 12.5 Å². The maximum atomic E-state index is 5.53. The van der Waals surface area contributed by atoms with Gasteiger partial charge in [-0.1, -0.05) is 30.3 Å². The Balaban J connectivity index is 1.67. The number of aromatic nitrogens is 4. The Morgan fingerprint density at radius 1 is 0.967 bits per heavy atom. The second kappa shape index (κ2) is 9.28. The maximum absolute atomic E-state index is 5.53. The van der Waals surface area contributed by atoms with E-state index in [1.54, 1.807) is 31.9 Å². The number of nitrogens with zero attached hydrogens (tertiary/aromatic N) is 4. The molecule has 3 heterocycles. The van der Waals surface area contributed by atoms with Crippen molar-refractivity contribution in [3.8, 4) is 17.1 Å². The topological polar surface area (TPSA) is 84.9 Å². The lowest BCUT2D eigenvalue weighted by Crippen LogP contribution is -2.35. The van der Waals surface area contributed by atoms with Gasteiger partial charge < -0.3 is 15.4 Å². The van der Waals surface area contributed by atoms with Gasteiger partial charge in [0.05, 0.1) is 30.4 Å². The molecule has 0 fully saturated rings. The quantitative estimate of drug-likeness (QED) is 0.469. The molecular formula is C23H24N6O. The third-order valence-corrected chi connectivity index (χ3v) is 4.98. The van der Waals surface area contributed by atoms with Crippen LogP contribution in [0.5, 0.6) is 5.75 Å². The van der Waals surface area contributed by atoms with Crippen LogP contribution in [0, 0.1) is 0 Å². The van der Waals surface area contributed by atoms with E-state index in [4.69, 9.17) is 14.7 Å². The Labute approximate surface area is 175 Å². The third-order valence-electron chi connectivity index (χ3n) is 4.98. The fraction of sp³-hybridized carbons (Fsp3) is 0.217. The molecule has 0 saturated carbocycles. The smallest absolute Gasteiger partial charge is 0.162 e. The Hall–Kier alpha value is -3.58. The highest BCUT2D eigenvalue weighted by molar-refractivity contribution is 5.95. The molecule has 1 aromatic carbocycles. The molecule has 3 aromatic heterocycles. The van der Waals surface area contributed by atoms with E-state index >= 15 is 0 Å². The SMILES string of the molecule is CN[C@H](CNc1nc(-c2ccncc2)nc2cncc(OC)c12)Cc1ccccc1. The Morgan fingerprint density at radius 3 is 2.50 bits per heavy atom. The molecule has 1 atom stereocenters. The molecule has 7 nitrogen and oxygen atoms in total. The van der Waals surface area contributed by atoms with Crippen LogP contribution < -0.4 is 15.4 Å². The van der Waals surface area contributed by atoms with Crippen molar-refractivity contribution in [3.63, 3.8) is 0 Å². The highest BCUT2D eigenvalue weighted by atomic mass is 16.5. The lowest BCUT2D eigenvalue weighted by Gasteiger charge is -2.19. The zero-order chi connectivity index (χ0) is 20.8. The lowest BCUT2D eigenvalue weighted by atomic mass is 10.1. The van der Waals surface area contributed by atoms with Gasteiger partial charge in [-0.05, 0) is 31.2 Å². The molecule has 0 amide bonds. The standard InChI is InChI=1S/C23H24N6O/c1-24-18(12-16-6-4-3-5-7-16)13-27-23-21-19(14-26-15-20(21)30-2)28-22(29-23)17-8-10-25-11-9-17/h3-11,14-15,18,24H,12-13H2,1-2H3,(H,27,28,29)/t18-/m0/s1. The van der Waals surface area contributed by atoms with Crippen molar-refractivity contribution < 1.29 is 4.74 Å². The Morgan fingerprint density at radius 2 is 1.77 bits per heavy atom. The van der Waals surface area contributed by atoms with Crippen LogP contribution in [0.3, 0.4) is 0 Å². The summed E-state index contributed by atoms with van der Waals surface area (Å²) in [5.41, 5.74) is 2.90. The number of rotatable bonds is 8. The van der Waals surface area contributed by atoms with Crippen molar-refractivity contribution in [3.05, 3.63) is 72.8 Å². The number of hydrogen-bond donors (Lipinski definition) is 2. The van der Waals surface area contributed by atoms with Crippen molar-refractivity contribution >= 4 is 16.7 Å². The summed E-state index contributed by atoms with van der Waals surface area (Å²) < 4.78 is 5.53. The minimum Gasteiger partial charge on any atom is -0.494 e. The van der Waals surface area contributed by atoms with Gasteiger partial charge in [0, 0.05) is 30.5 Å². The van der Waals surface area contributed by atoms with Gasteiger partial charge in [-0.25, -0.2) is 9.97 Å². The zero-order valence-corrected chi connectivity index (χ0v) is 17.0. The lowest BCUT2D eigenvalue weighted by molar-refractivity contribution is 0.418. The van der Waals surface area contributed by atoms with Crippen molar-refractivity contribution in [2.75, 3.05) is 26.0 Å². The van der Waals surface area contributed by atoms with Crippen LogP contribution in [0.1, 0.15) is 5.56 Å². The first kappa shape index (κ1) is 19.7. The molecule has 152 valence electrons. The maximum Gasteiger partial charge on any atom is 0.162 e. The average Bonchev–Trinajstić information content (AvgIpc) is 2.82. The van der Waals surface area contributed by atoms with Gasteiger partial charge in [0.25, 0.3) is 0 Å². The summed E-state index contributed by atoms with van der Waals surface area (Å²) in [7, 11) is 3.60. The van der Waals surface area contributed by atoms with E-state index in [1.165, 1.54) is 5.56 Å². The summed E-state index contributed by atoms with van der Waals surface area (Å²) in [6, 6.07) is 14.5. The molecule has 0 spiro atoms. The number of nitrogens with one attached hydrogen (secondary N) is 2. The molecular weight excluding hydrogens is 376 g/mol. The van der Waals surface area contributed by atoms with Crippen molar-refractivity contribution in [1.29, 1.82) is 0 Å². The van der Waals surface area contributed by atoms with E-state index in [9.17, 15) is 0 Å². The highest BCUT2D eigenvalue weighted by Crippen LogP contribution is 2.31. The van der Waals surface area contributed by atoms with Crippen LogP contribution >= 0.6 is 0 Å². The molecule has 0 aliphatic carbocycles. The van der Waals surface area contributed by atoms with E-state index in [1.807, 2.05) is 25.2 Å². The molecule has 4 aromatic rings. The molecule has 0 unspecified atom stereocenters. The van der Waals surface area contributed by atoms with Crippen LogP contribution in [0.2, 0.25) is 0 Å². The number of anilines is 1. The predicted octanol–water partition coefficient (Wildman–Crippen LogP) is 3.34. The van der Waals surface area contributed by atoms with Crippen LogP contribution in [0.15, 0.2) is 67.3 Å². The van der Waals surface area contributed by atoms with Crippen LogP contribution in [0.4, 0.5) is 5.82 Å². The minimum atomic E-state index is 0.231. The van der Waals surface area contributed by atoms with Gasteiger partial charge in [0.15, 0.2) is 5.82 Å². The number of benzene rings is 1. The van der Waals surface area contributed by atoms with E-state index in [0.717, 1.165) is 28.7 Å². The molecule has 30 heavy (non-hydrogen) atoms. The number of ether oxygens (including phenoxy) is 1. The van der Waals surface area contributed by atoms with Gasteiger partial charge in [-0.3, -0.25) is 9.97 Å². The Kier molecular flexibility index (Phi) is 6.10. The highest BCUT2D eigenvalue weighted by Gasteiger charge is 2.15. The van der Waals surface area contributed by atoms with E-state index in [2.05, 4.69) is 44.9 Å². The molecule has 0 saturated heterocycles. The molecule has 7 heteroatoms. The van der Waals surface area contributed by atoms with Gasteiger partial charge >= 0.3 is 0 Å². The first-order chi connectivity index (χ1) is 14.8. The fourth-order valence-electron chi connectivity index (χ4n) is 3.36. The molecule has 4 rings (SSSR count). The third kappa shape index (κ3) is 4.36. The monoisotopic (exact) mass is 400 g/mol. The normalized spacial score (nSPS) is 11.9. The molecule has 0 bridgehead atoms. The largest absolute Gasteiger partial charge is 0.494 e. The summed E-state index contributed by atoms with van der Waals surface area (Å²) in [6.07, 6.45) is 7.79. The number of fused-ring (bicyclic) bond motifs is 1. The molecule has 2 N–H and O–H groups in total. The molecule has 0 radical (unpaired) electrons. The van der Waals surface area contributed by atoms with Crippen LogP contribution in [-0.4, -0.2) is 46.7 Å². The first-order valence-corrected chi connectivity index (χ1v) is 9.83. The second-order valence-electron chi connectivity index (χ2n) is 6.92. The second-order valence-corrected chi connectivity index (χ2v) is 6.92. The van der Waals surface area contributed by atoms with Gasteiger partial charge in [-0.15, -0.1) is 0 Å². The molecule has 0 aliphatic rings. The number of pyridine rings is 2. The Bertz CT molecular complexity index is 1100. The first-order valence-electron chi connectivity index (χ1n) is 9.83. The zero-order valence-electron chi connectivity index (χ0n) is 17.0. The van der Waals surface area contributed by atoms with Crippen molar-refractivity contribution in [1.82, 2.24) is 25.3 Å². The van der Waals surface area contributed by atoms with Crippen LogP contribution in [0.25, 0.3) is 22.3 Å². The summed E-state index contributed by atoms with van der Waals surface area (Å²) >= 11 is 0.